The third kappa shape index (κ3) is 2.97. The average molecular weight is 393 g/mol. The summed E-state index contributed by atoms with van der Waals surface area (Å²) in [4.78, 5) is 2.49. The first-order valence-corrected chi connectivity index (χ1v) is 10.5. The summed E-state index contributed by atoms with van der Waals surface area (Å²) in [5.41, 5.74) is 10.1. The Balaban J connectivity index is 1.55. The van der Waals surface area contributed by atoms with Crippen LogP contribution in [0.3, 0.4) is 0 Å². The molecule has 2 aromatic carbocycles. The molecule has 2 aromatic rings. The second-order valence-corrected chi connectivity index (χ2v) is 9.11. The molecular weight excluding hydrogens is 368 g/mol. The molecule has 5 rings (SSSR count). The first kappa shape index (κ1) is 18.7. The lowest BCUT2D eigenvalue weighted by atomic mass is 9.84. The summed E-state index contributed by atoms with van der Waals surface area (Å²) in [5, 5.41) is 9.01. The highest BCUT2D eigenvalue weighted by Crippen LogP contribution is 2.49. The highest BCUT2D eigenvalue weighted by Gasteiger charge is 2.54. The molecule has 29 heavy (non-hydrogen) atoms. The van der Waals surface area contributed by atoms with Gasteiger partial charge >= 0.3 is 0 Å². The molecule has 1 saturated carbocycles. The smallest absolute Gasteiger partial charge is 0.141 e. The molecule has 150 valence electrons. The molecule has 0 bridgehead atoms. The largest absolute Gasteiger partial charge is 0.326 e. The number of nitriles is 1. The number of fused-ring (bicyclic) bond motifs is 1. The molecule has 3 atom stereocenters. The molecule has 3 aliphatic rings. The Hall–Kier alpha value is -2.29. The number of hydrogen-bond acceptors (Lipinski definition) is 3. The van der Waals surface area contributed by atoms with Gasteiger partial charge in [0.1, 0.15) is 17.7 Å². The summed E-state index contributed by atoms with van der Waals surface area (Å²) >= 11 is 0. The summed E-state index contributed by atoms with van der Waals surface area (Å²) < 4.78 is 28.9. The van der Waals surface area contributed by atoms with Gasteiger partial charge in [-0.3, -0.25) is 4.90 Å². The van der Waals surface area contributed by atoms with Gasteiger partial charge in [0, 0.05) is 24.2 Å². The highest BCUT2D eigenvalue weighted by molar-refractivity contribution is 5.71. The van der Waals surface area contributed by atoms with E-state index in [-0.39, 0.29) is 23.0 Å². The van der Waals surface area contributed by atoms with Crippen molar-refractivity contribution in [2.45, 2.75) is 62.6 Å². The van der Waals surface area contributed by atoms with Crippen LogP contribution in [0.5, 0.6) is 0 Å². The number of benzene rings is 2. The SMILES string of the molecule is CC12CCN1C(Cc1cc(F)cc(-c3ccc(C#N)c(F)c3)c1C1CC1)C[C@H]2N. The second kappa shape index (κ2) is 6.62. The number of nitrogens with zero attached hydrogens (tertiary/aromatic N) is 2. The normalized spacial score (nSPS) is 28.7. The third-order valence-electron chi connectivity index (χ3n) is 7.35. The van der Waals surface area contributed by atoms with Crippen LogP contribution in [0.2, 0.25) is 0 Å². The van der Waals surface area contributed by atoms with E-state index in [4.69, 9.17) is 11.0 Å². The molecule has 0 radical (unpaired) electrons. The van der Waals surface area contributed by atoms with E-state index in [1.165, 1.54) is 18.2 Å². The summed E-state index contributed by atoms with van der Waals surface area (Å²) in [6.45, 7) is 3.29. The average Bonchev–Trinajstić information content (AvgIpc) is 3.48. The molecule has 3 nitrogen and oxygen atoms in total. The Kier molecular flexibility index (Phi) is 4.27. The molecule has 2 heterocycles. The van der Waals surface area contributed by atoms with E-state index in [0.717, 1.165) is 55.3 Å². The summed E-state index contributed by atoms with van der Waals surface area (Å²) in [5.74, 6) is -0.453. The molecular formula is C24H25F2N3. The van der Waals surface area contributed by atoms with Crippen molar-refractivity contribution >= 4 is 0 Å². The van der Waals surface area contributed by atoms with Crippen LogP contribution in [0, 0.1) is 23.0 Å². The van der Waals surface area contributed by atoms with Gasteiger partial charge in [-0.1, -0.05) is 6.07 Å². The molecule has 0 spiro atoms. The predicted molar refractivity (Wildman–Crippen MR) is 108 cm³/mol. The van der Waals surface area contributed by atoms with E-state index in [0.29, 0.717) is 17.5 Å². The molecule has 2 aliphatic heterocycles. The molecule has 0 amide bonds. The van der Waals surface area contributed by atoms with Crippen molar-refractivity contribution in [3.8, 4) is 17.2 Å². The molecule has 1 aliphatic carbocycles. The Morgan fingerprint density at radius 1 is 1.24 bits per heavy atom. The van der Waals surface area contributed by atoms with Crippen LogP contribution in [-0.2, 0) is 6.42 Å². The fourth-order valence-electron chi connectivity index (χ4n) is 5.42. The van der Waals surface area contributed by atoms with E-state index in [1.54, 1.807) is 12.1 Å². The standard InChI is InChI=1S/C24H25F2N3/c1-24-6-7-29(24)19(12-22(24)28)9-17-8-18(25)11-20(23(17)14-2-3-14)15-4-5-16(13-27)21(26)10-15/h4-5,8,10-11,14,19,22H,2-3,6-7,9,12,28H2,1H3/t19?,22-,24?/m1/s1. The minimum absolute atomic E-state index is 0.00959. The van der Waals surface area contributed by atoms with Gasteiger partial charge in [0.15, 0.2) is 0 Å². The van der Waals surface area contributed by atoms with Gasteiger partial charge in [-0.15, -0.1) is 0 Å². The van der Waals surface area contributed by atoms with Gasteiger partial charge in [0.2, 0.25) is 0 Å². The van der Waals surface area contributed by atoms with Gasteiger partial charge in [0.05, 0.1) is 5.56 Å². The second-order valence-electron chi connectivity index (χ2n) is 9.11. The number of rotatable bonds is 4. The zero-order valence-corrected chi connectivity index (χ0v) is 16.6. The van der Waals surface area contributed by atoms with Crippen LogP contribution >= 0.6 is 0 Å². The molecule has 2 unspecified atom stereocenters. The molecule has 2 N–H and O–H groups in total. The van der Waals surface area contributed by atoms with Crippen LogP contribution < -0.4 is 5.73 Å². The predicted octanol–water partition coefficient (Wildman–Crippen LogP) is 4.49. The monoisotopic (exact) mass is 393 g/mol. The molecule has 0 aromatic heterocycles. The fraction of sp³-hybridized carbons (Fsp3) is 0.458. The number of halogens is 2. The Bertz CT molecular complexity index is 1020. The van der Waals surface area contributed by atoms with Crippen LogP contribution in [-0.4, -0.2) is 29.1 Å². The first-order chi connectivity index (χ1) is 13.9. The Morgan fingerprint density at radius 2 is 2.03 bits per heavy atom. The van der Waals surface area contributed by atoms with Gasteiger partial charge in [-0.2, -0.15) is 5.26 Å². The quantitative estimate of drug-likeness (QED) is 0.833. The van der Waals surface area contributed by atoms with Crippen molar-refractivity contribution < 1.29 is 8.78 Å². The maximum atomic E-state index is 14.7. The van der Waals surface area contributed by atoms with Gasteiger partial charge < -0.3 is 5.73 Å². The van der Waals surface area contributed by atoms with Crippen LogP contribution in [0.25, 0.3) is 11.1 Å². The van der Waals surface area contributed by atoms with Crippen molar-refractivity contribution in [1.82, 2.24) is 4.90 Å². The highest BCUT2D eigenvalue weighted by atomic mass is 19.1. The zero-order valence-electron chi connectivity index (χ0n) is 16.6. The van der Waals surface area contributed by atoms with Crippen LogP contribution in [0.4, 0.5) is 8.78 Å². The summed E-state index contributed by atoms with van der Waals surface area (Å²) in [7, 11) is 0. The van der Waals surface area contributed by atoms with Gasteiger partial charge in [-0.25, -0.2) is 8.78 Å². The van der Waals surface area contributed by atoms with Crippen LogP contribution in [0.1, 0.15) is 55.2 Å². The van der Waals surface area contributed by atoms with Crippen molar-refractivity contribution in [3.63, 3.8) is 0 Å². The Morgan fingerprint density at radius 3 is 2.62 bits per heavy atom. The van der Waals surface area contributed by atoms with Gasteiger partial charge in [-0.05, 0) is 91.5 Å². The third-order valence-corrected chi connectivity index (χ3v) is 7.35. The van der Waals surface area contributed by atoms with Crippen molar-refractivity contribution in [2.24, 2.45) is 5.73 Å². The van der Waals surface area contributed by atoms with E-state index < -0.39 is 5.82 Å². The van der Waals surface area contributed by atoms with Crippen LogP contribution in [0.15, 0.2) is 30.3 Å². The molecule has 2 saturated heterocycles. The summed E-state index contributed by atoms with van der Waals surface area (Å²) in [6, 6.07) is 10.1. The first-order valence-electron chi connectivity index (χ1n) is 10.5. The number of nitrogens with two attached hydrogens (primary N) is 1. The van der Waals surface area contributed by atoms with E-state index >= 15 is 0 Å². The fourth-order valence-corrected chi connectivity index (χ4v) is 5.42. The van der Waals surface area contributed by atoms with E-state index in [9.17, 15) is 8.78 Å². The van der Waals surface area contributed by atoms with Gasteiger partial charge in [0.25, 0.3) is 0 Å². The minimum atomic E-state index is -0.560. The zero-order chi connectivity index (χ0) is 20.3. The topological polar surface area (TPSA) is 53.0 Å². The van der Waals surface area contributed by atoms with Crippen molar-refractivity contribution in [1.29, 1.82) is 5.26 Å². The molecule has 5 heteroatoms. The maximum absolute atomic E-state index is 14.7. The lowest BCUT2D eigenvalue weighted by Gasteiger charge is -2.50. The van der Waals surface area contributed by atoms with Crippen molar-refractivity contribution in [2.75, 3.05) is 6.54 Å². The lowest BCUT2D eigenvalue weighted by Crippen LogP contribution is -2.62. The summed E-state index contributed by atoms with van der Waals surface area (Å²) in [6.07, 6.45) is 4.99. The van der Waals surface area contributed by atoms with E-state index in [1.807, 2.05) is 6.07 Å². The maximum Gasteiger partial charge on any atom is 0.141 e. The lowest BCUT2D eigenvalue weighted by molar-refractivity contribution is 0.00501. The van der Waals surface area contributed by atoms with Crippen molar-refractivity contribution in [3.05, 3.63) is 58.7 Å². The number of hydrogen-bond donors (Lipinski definition) is 1. The minimum Gasteiger partial charge on any atom is -0.326 e. The Labute approximate surface area is 170 Å². The van der Waals surface area contributed by atoms with E-state index in [2.05, 4.69) is 11.8 Å². The molecule has 3 fully saturated rings.